The van der Waals surface area contributed by atoms with Gasteiger partial charge in [0, 0.05) is 31.4 Å². The van der Waals surface area contributed by atoms with Gasteiger partial charge in [-0.1, -0.05) is 6.92 Å². The number of amides is 1. The fraction of sp³-hybridized carbons (Fsp3) is 0.538. The molecule has 0 saturated carbocycles. The second kappa shape index (κ2) is 6.96. The van der Waals surface area contributed by atoms with Crippen molar-refractivity contribution in [2.75, 3.05) is 13.1 Å². The van der Waals surface area contributed by atoms with Crippen LogP contribution < -0.4 is 16.6 Å². The quantitative estimate of drug-likeness (QED) is 0.722. The van der Waals surface area contributed by atoms with E-state index in [1.807, 2.05) is 0 Å². The molecule has 1 amide bonds. The third-order valence-electron chi connectivity index (χ3n) is 2.93. The average molecular weight is 251 g/mol. The molecule has 0 spiro atoms. The number of carbonyl (C=O) groups excluding carboxylic acids is 1. The Balaban J connectivity index is 2.41. The molecule has 0 fully saturated rings. The van der Waals surface area contributed by atoms with Crippen LogP contribution in [0.5, 0.6) is 0 Å². The van der Waals surface area contributed by atoms with E-state index < -0.39 is 0 Å². The summed E-state index contributed by atoms with van der Waals surface area (Å²) in [5.74, 6) is 0.277. The van der Waals surface area contributed by atoms with Crippen molar-refractivity contribution in [2.45, 2.75) is 19.8 Å². The molecule has 1 unspecified atom stereocenters. The van der Waals surface area contributed by atoms with Crippen LogP contribution in [0.15, 0.2) is 23.1 Å². The molecular formula is C13H21N3O2. The Morgan fingerprint density at radius 2 is 2.28 bits per heavy atom. The van der Waals surface area contributed by atoms with Gasteiger partial charge >= 0.3 is 0 Å². The number of carbonyl (C=O) groups is 1. The van der Waals surface area contributed by atoms with Crippen LogP contribution in [0.1, 0.15) is 30.1 Å². The van der Waals surface area contributed by atoms with Crippen LogP contribution in [-0.2, 0) is 7.05 Å². The summed E-state index contributed by atoms with van der Waals surface area (Å²) in [6.45, 7) is 3.36. The van der Waals surface area contributed by atoms with Gasteiger partial charge in [0.15, 0.2) is 0 Å². The maximum atomic E-state index is 11.7. The zero-order valence-electron chi connectivity index (χ0n) is 11.0. The van der Waals surface area contributed by atoms with E-state index in [1.54, 1.807) is 19.3 Å². The van der Waals surface area contributed by atoms with E-state index >= 15 is 0 Å². The van der Waals surface area contributed by atoms with Gasteiger partial charge in [-0.2, -0.15) is 0 Å². The lowest BCUT2D eigenvalue weighted by Gasteiger charge is -2.09. The van der Waals surface area contributed by atoms with Gasteiger partial charge in [0.25, 0.3) is 11.5 Å². The summed E-state index contributed by atoms with van der Waals surface area (Å²) in [7, 11) is 1.65. The lowest BCUT2D eigenvalue weighted by molar-refractivity contribution is 0.0952. The van der Waals surface area contributed by atoms with Crippen LogP contribution in [0.2, 0.25) is 0 Å². The Labute approximate surface area is 107 Å². The lowest BCUT2D eigenvalue weighted by atomic mass is 10.1. The van der Waals surface area contributed by atoms with Crippen LogP contribution in [0.4, 0.5) is 0 Å². The van der Waals surface area contributed by atoms with Gasteiger partial charge < -0.3 is 15.6 Å². The Hall–Kier alpha value is -1.62. The molecule has 1 aromatic heterocycles. The summed E-state index contributed by atoms with van der Waals surface area (Å²) in [5.41, 5.74) is 5.74. The number of nitrogens with zero attached hydrogens (tertiary/aromatic N) is 1. The monoisotopic (exact) mass is 251 g/mol. The van der Waals surface area contributed by atoms with Crippen molar-refractivity contribution in [3.8, 4) is 0 Å². The van der Waals surface area contributed by atoms with Crippen LogP contribution in [-0.4, -0.2) is 23.6 Å². The standard InChI is InChI=1S/C13H21N3O2/c1-10(9-14)4-3-6-15-13(18)11-5-7-16(2)12(17)8-11/h5,7-8,10H,3-4,6,9,14H2,1-2H3,(H,15,18). The van der Waals surface area contributed by atoms with Gasteiger partial charge in [-0.05, 0) is 31.4 Å². The Morgan fingerprint density at radius 3 is 2.89 bits per heavy atom. The molecule has 1 heterocycles. The maximum Gasteiger partial charge on any atom is 0.251 e. The van der Waals surface area contributed by atoms with Crippen molar-refractivity contribution in [1.82, 2.24) is 9.88 Å². The summed E-state index contributed by atoms with van der Waals surface area (Å²) in [6.07, 6.45) is 3.48. The highest BCUT2D eigenvalue weighted by Crippen LogP contribution is 2.02. The largest absolute Gasteiger partial charge is 0.352 e. The van der Waals surface area contributed by atoms with Crippen LogP contribution in [0.3, 0.4) is 0 Å². The number of nitrogens with two attached hydrogens (primary N) is 1. The van der Waals surface area contributed by atoms with Gasteiger partial charge in [0.1, 0.15) is 0 Å². The topological polar surface area (TPSA) is 77.1 Å². The minimum atomic E-state index is -0.201. The summed E-state index contributed by atoms with van der Waals surface area (Å²) >= 11 is 0. The average Bonchev–Trinajstić information content (AvgIpc) is 2.37. The SMILES string of the molecule is CC(CN)CCCNC(=O)c1ccn(C)c(=O)c1. The summed E-state index contributed by atoms with van der Waals surface area (Å²) < 4.78 is 1.43. The lowest BCUT2D eigenvalue weighted by Crippen LogP contribution is -2.27. The van der Waals surface area contributed by atoms with Crippen molar-refractivity contribution < 1.29 is 4.79 Å². The minimum Gasteiger partial charge on any atom is -0.352 e. The normalized spacial score (nSPS) is 12.2. The Bertz CT molecular complexity index is 454. The number of rotatable bonds is 6. The van der Waals surface area contributed by atoms with E-state index in [1.165, 1.54) is 10.6 Å². The third-order valence-corrected chi connectivity index (χ3v) is 2.93. The molecule has 5 heteroatoms. The highest BCUT2D eigenvalue weighted by Gasteiger charge is 2.06. The van der Waals surface area contributed by atoms with Crippen molar-refractivity contribution >= 4 is 5.91 Å². The van der Waals surface area contributed by atoms with Gasteiger partial charge in [-0.25, -0.2) is 0 Å². The van der Waals surface area contributed by atoms with Crippen molar-refractivity contribution in [2.24, 2.45) is 18.7 Å². The van der Waals surface area contributed by atoms with Crippen molar-refractivity contribution in [3.63, 3.8) is 0 Å². The molecule has 3 N–H and O–H groups in total. The highest BCUT2D eigenvalue weighted by molar-refractivity contribution is 5.93. The molecule has 5 nitrogen and oxygen atoms in total. The highest BCUT2D eigenvalue weighted by atomic mass is 16.2. The first-order valence-electron chi connectivity index (χ1n) is 6.19. The zero-order valence-corrected chi connectivity index (χ0v) is 11.0. The van der Waals surface area contributed by atoms with Crippen LogP contribution in [0.25, 0.3) is 0 Å². The van der Waals surface area contributed by atoms with Crippen molar-refractivity contribution in [1.29, 1.82) is 0 Å². The summed E-state index contributed by atoms with van der Waals surface area (Å²) in [5, 5.41) is 2.80. The molecule has 0 radical (unpaired) electrons. The van der Waals surface area contributed by atoms with Gasteiger partial charge in [-0.3, -0.25) is 9.59 Å². The fourth-order valence-corrected chi connectivity index (χ4v) is 1.56. The first kappa shape index (κ1) is 14.4. The predicted molar refractivity (Wildman–Crippen MR) is 71.5 cm³/mol. The Morgan fingerprint density at radius 1 is 1.56 bits per heavy atom. The molecule has 0 aliphatic heterocycles. The molecule has 0 saturated heterocycles. The predicted octanol–water partition coefficient (Wildman–Crippen LogP) is 0.490. The minimum absolute atomic E-state index is 0.181. The first-order valence-corrected chi connectivity index (χ1v) is 6.19. The van der Waals surface area contributed by atoms with Gasteiger partial charge in [0.2, 0.25) is 0 Å². The summed E-state index contributed by atoms with van der Waals surface area (Å²) in [4.78, 5) is 23.1. The Kier molecular flexibility index (Phi) is 5.58. The molecule has 1 atom stereocenters. The molecule has 18 heavy (non-hydrogen) atoms. The molecular weight excluding hydrogens is 230 g/mol. The number of nitrogens with one attached hydrogen (secondary N) is 1. The van der Waals surface area contributed by atoms with E-state index in [2.05, 4.69) is 12.2 Å². The number of aromatic nitrogens is 1. The molecule has 0 bridgehead atoms. The second-order valence-electron chi connectivity index (χ2n) is 4.60. The first-order chi connectivity index (χ1) is 8.54. The second-order valence-corrected chi connectivity index (χ2v) is 4.60. The smallest absolute Gasteiger partial charge is 0.251 e. The van der Waals surface area contributed by atoms with Crippen LogP contribution >= 0.6 is 0 Å². The van der Waals surface area contributed by atoms with E-state index in [4.69, 9.17) is 5.73 Å². The maximum absolute atomic E-state index is 11.7. The van der Waals surface area contributed by atoms with Crippen molar-refractivity contribution in [3.05, 3.63) is 34.2 Å². The summed E-state index contributed by atoms with van der Waals surface area (Å²) in [6, 6.07) is 2.98. The molecule has 0 aromatic carbocycles. The number of pyridine rings is 1. The molecule has 0 aliphatic carbocycles. The van der Waals surface area contributed by atoms with E-state index in [9.17, 15) is 9.59 Å². The number of hydrogen-bond acceptors (Lipinski definition) is 3. The molecule has 1 aromatic rings. The van der Waals surface area contributed by atoms with Crippen LogP contribution in [0, 0.1) is 5.92 Å². The van der Waals surface area contributed by atoms with Gasteiger partial charge in [-0.15, -0.1) is 0 Å². The third kappa shape index (κ3) is 4.33. The van der Waals surface area contributed by atoms with E-state index in [-0.39, 0.29) is 11.5 Å². The molecule has 100 valence electrons. The number of aryl methyl sites for hydroxylation is 1. The van der Waals surface area contributed by atoms with E-state index in [0.29, 0.717) is 24.6 Å². The zero-order chi connectivity index (χ0) is 13.5. The fourth-order valence-electron chi connectivity index (χ4n) is 1.56. The van der Waals surface area contributed by atoms with E-state index in [0.717, 1.165) is 12.8 Å². The molecule has 0 aliphatic rings. The number of hydrogen-bond donors (Lipinski definition) is 2. The molecule has 1 rings (SSSR count). The van der Waals surface area contributed by atoms with Gasteiger partial charge in [0.05, 0.1) is 0 Å².